The summed E-state index contributed by atoms with van der Waals surface area (Å²) in [4.78, 5) is 0. The molecular weight excluding hydrogens is 261 g/mol. The van der Waals surface area contributed by atoms with Gasteiger partial charge in [0.2, 0.25) is 0 Å². The Labute approximate surface area is 118 Å². The van der Waals surface area contributed by atoms with Crippen LogP contribution in [0, 0.1) is 5.82 Å². The minimum absolute atomic E-state index is 0.0634. The van der Waals surface area contributed by atoms with Gasteiger partial charge in [0.15, 0.2) is 11.6 Å². The fraction of sp³-hybridized carbons (Fsp3) is 0.600. The van der Waals surface area contributed by atoms with Crippen molar-refractivity contribution in [3.8, 4) is 5.75 Å². The van der Waals surface area contributed by atoms with E-state index in [4.69, 9.17) is 9.47 Å². The first-order chi connectivity index (χ1) is 9.65. The molecule has 0 aromatic heterocycles. The van der Waals surface area contributed by atoms with Crippen molar-refractivity contribution in [3.63, 3.8) is 0 Å². The molecule has 1 unspecified atom stereocenters. The Hall–Kier alpha value is -1.17. The Balaban J connectivity index is 1.65. The second-order valence-corrected chi connectivity index (χ2v) is 5.27. The lowest BCUT2D eigenvalue weighted by Gasteiger charge is -2.40. The summed E-state index contributed by atoms with van der Waals surface area (Å²) >= 11 is 0. The molecule has 1 fully saturated rings. The third kappa shape index (κ3) is 3.91. The molecule has 1 saturated carbocycles. The Morgan fingerprint density at radius 3 is 2.75 bits per heavy atom. The topological polar surface area (TPSA) is 50.7 Å². The van der Waals surface area contributed by atoms with Crippen LogP contribution in [0.4, 0.5) is 4.39 Å². The molecule has 0 bridgehead atoms. The fourth-order valence-corrected chi connectivity index (χ4v) is 2.30. The van der Waals surface area contributed by atoms with Crippen LogP contribution in [-0.4, -0.2) is 43.6 Å². The lowest BCUT2D eigenvalue weighted by atomic mass is 9.80. The SMILES string of the molecule is COC1(CNCC(O)COc2ccccc2F)CCC1. The van der Waals surface area contributed by atoms with Gasteiger partial charge >= 0.3 is 0 Å². The maximum atomic E-state index is 13.3. The van der Waals surface area contributed by atoms with Crippen molar-refractivity contribution in [2.24, 2.45) is 0 Å². The largest absolute Gasteiger partial charge is 0.488 e. The van der Waals surface area contributed by atoms with Crippen LogP contribution < -0.4 is 10.1 Å². The van der Waals surface area contributed by atoms with Crippen LogP contribution in [0.1, 0.15) is 19.3 Å². The number of benzene rings is 1. The third-order valence-corrected chi connectivity index (χ3v) is 3.79. The molecule has 2 rings (SSSR count). The third-order valence-electron chi connectivity index (χ3n) is 3.79. The summed E-state index contributed by atoms with van der Waals surface area (Å²) in [6.07, 6.45) is 2.62. The Morgan fingerprint density at radius 1 is 1.40 bits per heavy atom. The molecule has 0 radical (unpaired) electrons. The molecule has 5 heteroatoms. The minimum atomic E-state index is -0.677. The van der Waals surface area contributed by atoms with Gasteiger partial charge in [-0.1, -0.05) is 12.1 Å². The highest BCUT2D eigenvalue weighted by Gasteiger charge is 2.36. The maximum Gasteiger partial charge on any atom is 0.165 e. The summed E-state index contributed by atoms with van der Waals surface area (Å²) in [6, 6.07) is 6.17. The van der Waals surface area contributed by atoms with E-state index >= 15 is 0 Å². The number of halogens is 1. The van der Waals surface area contributed by atoms with E-state index in [1.807, 2.05) is 0 Å². The molecule has 4 nitrogen and oxygen atoms in total. The fourth-order valence-electron chi connectivity index (χ4n) is 2.30. The highest BCUT2D eigenvalue weighted by molar-refractivity contribution is 5.23. The lowest BCUT2D eigenvalue weighted by Crippen LogP contribution is -2.49. The molecule has 0 spiro atoms. The molecule has 0 heterocycles. The van der Waals surface area contributed by atoms with Crippen LogP contribution in [0.25, 0.3) is 0 Å². The van der Waals surface area contributed by atoms with E-state index in [2.05, 4.69) is 5.32 Å². The number of nitrogens with one attached hydrogen (secondary N) is 1. The molecule has 0 amide bonds. The van der Waals surface area contributed by atoms with Crippen molar-refractivity contribution < 1.29 is 19.0 Å². The van der Waals surface area contributed by atoms with Gasteiger partial charge in [0.1, 0.15) is 12.7 Å². The van der Waals surface area contributed by atoms with E-state index in [9.17, 15) is 9.50 Å². The van der Waals surface area contributed by atoms with Crippen molar-refractivity contribution in [1.29, 1.82) is 0 Å². The number of ether oxygens (including phenoxy) is 2. The predicted octanol–water partition coefficient (Wildman–Crippen LogP) is 1.72. The molecule has 1 aliphatic rings. The average molecular weight is 283 g/mol. The van der Waals surface area contributed by atoms with E-state index in [1.165, 1.54) is 12.5 Å². The molecule has 20 heavy (non-hydrogen) atoms. The van der Waals surface area contributed by atoms with Crippen LogP contribution in [0.2, 0.25) is 0 Å². The molecule has 1 atom stereocenters. The van der Waals surface area contributed by atoms with Gasteiger partial charge in [0.05, 0.1) is 5.60 Å². The lowest BCUT2D eigenvalue weighted by molar-refractivity contribution is -0.0706. The summed E-state index contributed by atoms with van der Waals surface area (Å²) in [5.74, 6) is -0.251. The zero-order valence-electron chi connectivity index (χ0n) is 11.8. The molecule has 1 aliphatic carbocycles. The summed E-state index contributed by atoms with van der Waals surface area (Å²) in [5, 5.41) is 13.0. The van der Waals surface area contributed by atoms with E-state index in [0.29, 0.717) is 6.54 Å². The maximum absolute atomic E-state index is 13.3. The number of methoxy groups -OCH3 is 1. The van der Waals surface area contributed by atoms with E-state index in [1.54, 1.807) is 25.3 Å². The van der Waals surface area contributed by atoms with Gasteiger partial charge in [0.25, 0.3) is 0 Å². The van der Waals surface area contributed by atoms with E-state index in [-0.39, 0.29) is 18.0 Å². The Morgan fingerprint density at radius 2 is 2.15 bits per heavy atom. The number of para-hydroxylation sites is 1. The van der Waals surface area contributed by atoms with Crippen LogP contribution in [0.3, 0.4) is 0 Å². The van der Waals surface area contributed by atoms with Crippen molar-refractivity contribution in [3.05, 3.63) is 30.1 Å². The number of rotatable bonds is 8. The Kier molecular flexibility index (Phi) is 5.34. The number of hydrogen-bond acceptors (Lipinski definition) is 4. The quantitative estimate of drug-likeness (QED) is 0.763. The molecule has 0 aliphatic heterocycles. The van der Waals surface area contributed by atoms with Crippen molar-refractivity contribution in [2.75, 3.05) is 26.8 Å². The van der Waals surface area contributed by atoms with Gasteiger partial charge in [-0.15, -0.1) is 0 Å². The highest BCUT2D eigenvalue weighted by Crippen LogP contribution is 2.34. The Bertz CT molecular complexity index is 418. The van der Waals surface area contributed by atoms with Gasteiger partial charge in [-0.05, 0) is 31.4 Å². The van der Waals surface area contributed by atoms with E-state index in [0.717, 1.165) is 19.4 Å². The summed E-state index contributed by atoms with van der Waals surface area (Å²) in [5.41, 5.74) is -0.0634. The number of hydrogen-bond donors (Lipinski definition) is 2. The summed E-state index contributed by atoms with van der Waals surface area (Å²) < 4.78 is 24.0. The first-order valence-corrected chi connectivity index (χ1v) is 6.96. The monoisotopic (exact) mass is 283 g/mol. The summed E-state index contributed by atoms with van der Waals surface area (Å²) in [7, 11) is 1.72. The van der Waals surface area contributed by atoms with Gasteiger partial charge in [-0.3, -0.25) is 0 Å². The molecule has 1 aromatic carbocycles. The van der Waals surface area contributed by atoms with Crippen molar-refractivity contribution >= 4 is 0 Å². The molecule has 112 valence electrons. The van der Waals surface area contributed by atoms with Gasteiger partial charge in [-0.2, -0.15) is 0 Å². The molecule has 0 saturated heterocycles. The minimum Gasteiger partial charge on any atom is -0.488 e. The smallest absolute Gasteiger partial charge is 0.165 e. The van der Waals surface area contributed by atoms with Gasteiger partial charge < -0.3 is 19.9 Å². The van der Waals surface area contributed by atoms with Crippen LogP contribution in [0.5, 0.6) is 5.75 Å². The average Bonchev–Trinajstić information content (AvgIpc) is 2.41. The van der Waals surface area contributed by atoms with Crippen LogP contribution in [-0.2, 0) is 4.74 Å². The van der Waals surface area contributed by atoms with Crippen molar-refractivity contribution in [1.82, 2.24) is 5.32 Å². The molecule has 2 N–H and O–H groups in total. The first kappa shape index (κ1) is 15.2. The van der Waals surface area contributed by atoms with Crippen LogP contribution in [0.15, 0.2) is 24.3 Å². The zero-order valence-corrected chi connectivity index (χ0v) is 11.8. The van der Waals surface area contributed by atoms with Gasteiger partial charge in [-0.25, -0.2) is 4.39 Å². The standard InChI is InChI=1S/C15H22FNO3/c1-19-15(7-4-8-15)11-17-9-12(18)10-20-14-6-3-2-5-13(14)16/h2-3,5-6,12,17-18H,4,7-11H2,1H3. The zero-order chi connectivity index (χ0) is 14.4. The van der Waals surface area contributed by atoms with Crippen LogP contribution >= 0.6 is 0 Å². The molecular formula is C15H22FNO3. The summed E-state index contributed by atoms with van der Waals surface area (Å²) in [6.45, 7) is 1.19. The second-order valence-electron chi connectivity index (χ2n) is 5.27. The number of aliphatic hydroxyl groups excluding tert-OH is 1. The first-order valence-electron chi connectivity index (χ1n) is 6.96. The highest BCUT2D eigenvalue weighted by atomic mass is 19.1. The normalized spacial score (nSPS) is 18.4. The molecule has 1 aromatic rings. The van der Waals surface area contributed by atoms with E-state index < -0.39 is 11.9 Å². The predicted molar refractivity (Wildman–Crippen MR) is 74.4 cm³/mol. The van der Waals surface area contributed by atoms with Gasteiger partial charge in [0, 0.05) is 20.2 Å². The number of aliphatic hydroxyl groups is 1. The second kappa shape index (κ2) is 7.02. The van der Waals surface area contributed by atoms with Crippen molar-refractivity contribution in [2.45, 2.75) is 31.0 Å².